The largest absolute Gasteiger partial charge is 0.452 e. The summed E-state index contributed by atoms with van der Waals surface area (Å²) in [5.74, 6) is -1.27. The fourth-order valence-corrected chi connectivity index (χ4v) is 2.64. The highest BCUT2D eigenvalue weighted by molar-refractivity contribution is 5.95. The molecule has 0 saturated heterocycles. The fraction of sp³-hybridized carbons (Fsp3) is 0.368. The topological polar surface area (TPSA) is 103 Å². The van der Waals surface area contributed by atoms with E-state index in [0.29, 0.717) is 5.56 Å². The van der Waals surface area contributed by atoms with E-state index >= 15 is 0 Å². The van der Waals surface area contributed by atoms with Crippen molar-refractivity contribution in [2.45, 2.75) is 13.8 Å². The number of benzene rings is 1. The Bertz CT molecular complexity index is 971. The van der Waals surface area contributed by atoms with E-state index in [-0.39, 0.29) is 5.82 Å². The van der Waals surface area contributed by atoms with Crippen LogP contribution in [0.1, 0.15) is 24.2 Å². The minimum atomic E-state index is -0.656. The zero-order chi connectivity index (χ0) is 20.8. The number of amides is 1. The highest BCUT2D eigenvalue weighted by Crippen LogP contribution is 2.15. The van der Waals surface area contributed by atoms with E-state index in [2.05, 4.69) is 10.2 Å². The maximum atomic E-state index is 12.1. The average Bonchev–Trinajstić information content (AvgIpc) is 2.70. The minimum absolute atomic E-state index is 0.0257. The van der Waals surface area contributed by atoms with E-state index in [1.54, 1.807) is 12.1 Å². The molecule has 0 aliphatic heterocycles. The van der Waals surface area contributed by atoms with Gasteiger partial charge in [0.15, 0.2) is 6.61 Å². The Kier molecular flexibility index (Phi) is 6.75. The summed E-state index contributed by atoms with van der Waals surface area (Å²) in [4.78, 5) is 49.8. The van der Waals surface area contributed by atoms with Crippen LogP contribution in [-0.4, -0.2) is 40.7 Å². The maximum absolute atomic E-state index is 12.1. The van der Waals surface area contributed by atoms with Crippen molar-refractivity contribution in [3.05, 3.63) is 56.7 Å². The smallest absolute Gasteiger partial charge is 0.338 e. The number of aromatic nitrogens is 2. The summed E-state index contributed by atoms with van der Waals surface area (Å²) in [6.45, 7) is 5.25. The summed E-state index contributed by atoms with van der Waals surface area (Å²) in [6.07, 6.45) is 0. The summed E-state index contributed by atoms with van der Waals surface area (Å²) in [7, 11) is 2.75. The lowest BCUT2D eigenvalue weighted by molar-refractivity contribution is -0.119. The monoisotopic (exact) mass is 388 g/mol. The van der Waals surface area contributed by atoms with Gasteiger partial charge in [0.2, 0.25) is 0 Å². The lowest BCUT2D eigenvalue weighted by Gasteiger charge is -2.20. The van der Waals surface area contributed by atoms with Gasteiger partial charge < -0.3 is 15.0 Å². The van der Waals surface area contributed by atoms with Crippen molar-refractivity contribution in [3.63, 3.8) is 0 Å². The highest BCUT2D eigenvalue weighted by atomic mass is 16.5. The molecule has 1 aromatic heterocycles. The Morgan fingerprint density at radius 1 is 1.04 bits per heavy atom. The van der Waals surface area contributed by atoms with Gasteiger partial charge in [-0.2, -0.15) is 0 Å². The second-order valence-corrected chi connectivity index (χ2v) is 6.11. The molecule has 1 aromatic carbocycles. The molecule has 9 nitrogen and oxygen atoms in total. The van der Waals surface area contributed by atoms with Gasteiger partial charge in [0.05, 0.1) is 5.56 Å². The molecule has 0 bridgehead atoms. The van der Waals surface area contributed by atoms with Gasteiger partial charge >= 0.3 is 11.7 Å². The SMILES string of the molecule is CCN(CC)c1ccc(C(=O)OCC(=O)Nc2cc(=O)n(C)c(=O)n2C)cc1. The van der Waals surface area contributed by atoms with Gasteiger partial charge in [-0.05, 0) is 38.1 Å². The molecule has 9 heteroatoms. The van der Waals surface area contributed by atoms with Gasteiger partial charge in [-0.25, -0.2) is 9.59 Å². The molecule has 28 heavy (non-hydrogen) atoms. The number of hydrogen-bond donors (Lipinski definition) is 1. The van der Waals surface area contributed by atoms with Crippen LogP contribution in [0.2, 0.25) is 0 Å². The first-order valence-corrected chi connectivity index (χ1v) is 8.87. The average molecular weight is 388 g/mol. The predicted octanol–water partition coefficient (Wildman–Crippen LogP) is 0.726. The van der Waals surface area contributed by atoms with Crippen LogP contribution in [0.15, 0.2) is 39.9 Å². The van der Waals surface area contributed by atoms with E-state index in [1.807, 2.05) is 26.0 Å². The van der Waals surface area contributed by atoms with Crippen LogP contribution in [-0.2, 0) is 23.6 Å². The van der Waals surface area contributed by atoms with Crippen molar-refractivity contribution in [2.24, 2.45) is 14.1 Å². The third kappa shape index (κ3) is 4.67. The predicted molar refractivity (Wildman–Crippen MR) is 106 cm³/mol. The molecule has 0 atom stereocenters. The van der Waals surface area contributed by atoms with E-state index in [4.69, 9.17) is 4.74 Å². The fourth-order valence-electron chi connectivity index (χ4n) is 2.64. The van der Waals surface area contributed by atoms with Crippen molar-refractivity contribution in [2.75, 3.05) is 29.9 Å². The molecule has 0 aliphatic carbocycles. The molecule has 0 radical (unpaired) electrons. The van der Waals surface area contributed by atoms with E-state index in [9.17, 15) is 19.2 Å². The van der Waals surface area contributed by atoms with Crippen LogP contribution < -0.4 is 21.5 Å². The number of nitrogens with one attached hydrogen (secondary N) is 1. The number of ether oxygens (including phenoxy) is 1. The first-order chi connectivity index (χ1) is 13.3. The molecule has 0 fully saturated rings. The van der Waals surface area contributed by atoms with Gasteiger partial charge in [-0.1, -0.05) is 0 Å². The van der Waals surface area contributed by atoms with Crippen molar-refractivity contribution in [1.82, 2.24) is 9.13 Å². The van der Waals surface area contributed by atoms with Crippen LogP contribution in [0, 0.1) is 0 Å². The molecule has 1 N–H and O–H groups in total. The third-order valence-corrected chi connectivity index (χ3v) is 4.36. The lowest BCUT2D eigenvalue weighted by atomic mass is 10.2. The van der Waals surface area contributed by atoms with Gasteiger partial charge in [0, 0.05) is 38.9 Å². The summed E-state index contributed by atoms with van der Waals surface area (Å²) in [5, 5.41) is 2.39. The number of nitrogens with zero attached hydrogens (tertiary/aromatic N) is 3. The number of anilines is 2. The maximum Gasteiger partial charge on any atom is 0.338 e. The molecular formula is C19H24N4O5. The van der Waals surface area contributed by atoms with Gasteiger partial charge in [-0.15, -0.1) is 0 Å². The highest BCUT2D eigenvalue weighted by Gasteiger charge is 2.13. The number of carbonyl (C=O) groups excluding carboxylic acids is 2. The Labute approximate surface area is 162 Å². The molecule has 2 aromatic rings. The zero-order valence-corrected chi connectivity index (χ0v) is 16.4. The Balaban J connectivity index is 1.99. The summed E-state index contributed by atoms with van der Waals surface area (Å²) in [6, 6.07) is 8.03. The standard InChI is InChI=1S/C19H24N4O5/c1-5-23(6-2)14-9-7-13(8-10-14)18(26)28-12-16(24)20-15-11-17(25)22(4)19(27)21(15)3/h7-11H,5-6,12H2,1-4H3,(H,20,24). The molecule has 1 amide bonds. The Morgan fingerprint density at radius 2 is 1.64 bits per heavy atom. The number of esters is 1. The molecule has 0 saturated carbocycles. The van der Waals surface area contributed by atoms with E-state index in [1.165, 1.54) is 14.1 Å². The van der Waals surface area contributed by atoms with Gasteiger partial charge in [0.1, 0.15) is 5.82 Å². The molecule has 1 heterocycles. The molecule has 0 spiro atoms. The van der Waals surface area contributed by atoms with Gasteiger partial charge in [-0.3, -0.25) is 18.7 Å². The zero-order valence-electron chi connectivity index (χ0n) is 16.4. The number of hydrogen-bond acceptors (Lipinski definition) is 6. The first kappa shape index (κ1) is 20.9. The molecular weight excluding hydrogens is 364 g/mol. The summed E-state index contributed by atoms with van der Waals surface area (Å²) in [5.41, 5.74) is 0.187. The van der Waals surface area contributed by atoms with Gasteiger partial charge in [0.25, 0.3) is 11.5 Å². The van der Waals surface area contributed by atoms with Crippen molar-refractivity contribution in [1.29, 1.82) is 0 Å². The van der Waals surface area contributed by atoms with E-state index < -0.39 is 29.7 Å². The number of rotatable bonds is 7. The second-order valence-electron chi connectivity index (χ2n) is 6.11. The normalized spacial score (nSPS) is 10.4. The minimum Gasteiger partial charge on any atom is -0.452 e. The van der Waals surface area contributed by atoms with Crippen LogP contribution in [0.25, 0.3) is 0 Å². The Morgan fingerprint density at radius 3 is 2.21 bits per heavy atom. The van der Waals surface area contributed by atoms with Crippen LogP contribution in [0.3, 0.4) is 0 Å². The lowest BCUT2D eigenvalue weighted by Crippen LogP contribution is -2.38. The summed E-state index contributed by atoms with van der Waals surface area (Å²) < 4.78 is 7.04. The third-order valence-electron chi connectivity index (χ3n) is 4.36. The van der Waals surface area contributed by atoms with E-state index in [0.717, 1.165) is 34.0 Å². The number of carbonyl (C=O) groups is 2. The van der Waals surface area contributed by atoms with Crippen LogP contribution in [0.4, 0.5) is 11.5 Å². The molecule has 0 aliphatic rings. The quantitative estimate of drug-likeness (QED) is 0.702. The summed E-state index contributed by atoms with van der Waals surface area (Å²) >= 11 is 0. The van der Waals surface area contributed by atoms with Crippen molar-refractivity contribution >= 4 is 23.4 Å². The molecule has 150 valence electrons. The molecule has 0 unspecified atom stereocenters. The van der Waals surface area contributed by atoms with Crippen molar-refractivity contribution in [3.8, 4) is 0 Å². The second kappa shape index (κ2) is 9.03. The van der Waals surface area contributed by atoms with Crippen molar-refractivity contribution < 1.29 is 14.3 Å². The molecule has 2 rings (SSSR count). The Hall–Kier alpha value is -3.36. The van der Waals surface area contributed by atoms with Crippen LogP contribution in [0.5, 0.6) is 0 Å². The first-order valence-electron chi connectivity index (χ1n) is 8.87. The van der Waals surface area contributed by atoms with Crippen LogP contribution >= 0.6 is 0 Å².